The number of amides is 3. The number of benzene rings is 1. The van der Waals surface area contributed by atoms with Crippen LogP contribution in [0.15, 0.2) is 36.5 Å². The highest BCUT2D eigenvalue weighted by molar-refractivity contribution is 5.97. The Labute approximate surface area is 218 Å². The number of rotatable bonds is 6. The van der Waals surface area contributed by atoms with E-state index in [2.05, 4.69) is 22.1 Å². The minimum atomic E-state index is -0.464. The van der Waals surface area contributed by atoms with Crippen molar-refractivity contribution in [3.8, 4) is 23.5 Å². The van der Waals surface area contributed by atoms with Gasteiger partial charge in [-0.15, -0.1) is 0 Å². The number of hydrogen-bond acceptors (Lipinski definition) is 6. The Hall–Kier alpha value is -3.77. The van der Waals surface area contributed by atoms with Gasteiger partial charge >= 0.3 is 6.03 Å². The second-order valence-corrected chi connectivity index (χ2v) is 9.63. The smallest absolute Gasteiger partial charge is 0.321 e. The average Bonchev–Trinajstić information content (AvgIpc) is 2.89. The lowest BCUT2D eigenvalue weighted by atomic mass is 10.00. The third-order valence-corrected chi connectivity index (χ3v) is 6.18. The molecule has 1 aliphatic heterocycles. The lowest BCUT2D eigenvalue weighted by molar-refractivity contribution is 0.0356. The van der Waals surface area contributed by atoms with Crippen LogP contribution in [0.4, 0.5) is 10.5 Å². The zero-order valence-corrected chi connectivity index (χ0v) is 22.3. The lowest BCUT2D eigenvalue weighted by Gasteiger charge is -2.37. The molecule has 2 aromatic rings. The van der Waals surface area contributed by atoms with Crippen LogP contribution in [0.1, 0.15) is 43.6 Å². The number of carbonyl (C=O) groups is 2. The molecule has 2 heterocycles. The van der Waals surface area contributed by atoms with Gasteiger partial charge in [0.15, 0.2) is 0 Å². The minimum Gasteiger partial charge on any atom is -0.495 e. The Morgan fingerprint density at radius 3 is 2.76 bits per heavy atom. The van der Waals surface area contributed by atoms with Gasteiger partial charge in [0.25, 0.3) is 5.91 Å². The quantitative estimate of drug-likeness (QED) is 0.579. The van der Waals surface area contributed by atoms with Gasteiger partial charge in [0.1, 0.15) is 17.4 Å². The van der Waals surface area contributed by atoms with Crippen molar-refractivity contribution in [1.29, 1.82) is 0 Å². The van der Waals surface area contributed by atoms with E-state index >= 15 is 0 Å². The van der Waals surface area contributed by atoms with Crippen molar-refractivity contribution in [2.75, 3.05) is 39.2 Å². The van der Waals surface area contributed by atoms with Crippen LogP contribution in [0.3, 0.4) is 0 Å². The molecule has 0 aliphatic carbocycles. The van der Waals surface area contributed by atoms with Gasteiger partial charge < -0.3 is 29.7 Å². The van der Waals surface area contributed by atoms with Crippen molar-refractivity contribution in [3.63, 3.8) is 0 Å². The third kappa shape index (κ3) is 6.92. The molecule has 0 unspecified atom stereocenters. The first kappa shape index (κ1) is 27.8. The van der Waals surface area contributed by atoms with Crippen LogP contribution in [-0.2, 0) is 0 Å². The maximum atomic E-state index is 13.5. The molecule has 9 heteroatoms. The number of ether oxygens (including phenoxy) is 2. The van der Waals surface area contributed by atoms with Gasteiger partial charge in [-0.2, -0.15) is 0 Å². The van der Waals surface area contributed by atoms with E-state index in [9.17, 15) is 14.7 Å². The predicted octanol–water partition coefficient (Wildman–Crippen LogP) is 3.48. The summed E-state index contributed by atoms with van der Waals surface area (Å²) in [5.41, 5.74) is 1.46. The first-order valence-corrected chi connectivity index (χ1v) is 12.4. The van der Waals surface area contributed by atoms with E-state index in [1.54, 1.807) is 50.4 Å². The number of nitrogens with one attached hydrogen (secondary N) is 1. The topological polar surface area (TPSA) is 104 Å². The Bertz CT molecular complexity index is 1170. The Kier molecular flexibility index (Phi) is 9.36. The van der Waals surface area contributed by atoms with Crippen LogP contribution in [-0.4, -0.2) is 77.8 Å². The molecule has 1 aromatic carbocycles. The van der Waals surface area contributed by atoms with Crippen LogP contribution in [0.2, 0.25) is 0 Å². The monoisotopic (exact) mass is 508 g/mol. The summed E-state index contributed by atoms with van der Waals surface area (Å²) >= 11 is 0. The number of anilines is 1. The number of aliphatic hydroxyl groups is 1. The predicted molar refractivity (Wildman–Crippen MR) is 142 cm³/mol. The summed E-state index contributed by atoms with van der Waals surface area (Å²) in [5, 5.41) is 12.7. The summed E-state index contributed by atoms with van der Waals surface area (Å²) in [5.74, 6) is 6.61. The number of aliphatic hydroxyl groups excluding tert-OH is 1. The second-order valence-electron chi connectivity index (χ2n) is 9.63. The number of para-hydroxylation sites is 2. The fraction of sp³-hybridized carbons (Fsp3) is 0.464. The molecule has 198 valence electrons. The first-order chi connectivity index (χ1) is 17.6. The Morgan fingerprint density at radius 2 is 2.08 bits per heavy atom. The molecule has 0 radical (unpaired) electrons. The van der Waals surface area contributed by atoms with E-state index < -0.39 is 12.1 Å². The summed E-state index contributed by atoms with van der Waals surface area (Å²) < 4.78 is 11.6. The second kappa shape index (κ2) is 12.5. The molecule has 0 bridgehead atoms. The van der Waals surface area contributed by atoms with Gasteiger partial charge in [-0.05, 0) is 25.1 Å². The largest absolute Gasteiger partial charge is 0.495 e. The summed E-state index contributed by atoms with van der Waals surface area (Å²) in [4.78, 5) is 34.1. The highest BCUT2D eigenvalue weighted by Crippen LogP contribution is 2.28. The number of nitrogens with zero attached hydrogens (tertiary/aromatic N) is 3. The molecule has 3 amide bonds. The number of pyridine rings is 1. The fourth-order valence-electron chi connectivity index (χ4n) is 3.93. The molecule has 3 atom stereocenters. The molecule has 1 aromatic heterocycles. The van der Waals surface area contributed by atoms with Gasteiger partial charge in [0.2, 0.25) is 5.88 Å². The minimum absolute atomic E-state index is 0.158. The van der Waals surface area contributed by atoms with E-state index in [1.807, 2.05) is 32.9 Å². The van der Waals surface area contributed by atoms with Crippen LogP contribution in [0, 0.1) is 23.7 Å². The molecule has 0 saturated heterocycles. The van der Waals surface area contributed by atoms with E-state index in [4.69, 9.17) is 9.47 Å². The Balaban J connectivity index is 1.89. The SMILES string of the molecule is COc1ccccc1NC(=O)N(C)C[C@H]1Oc2ncc(C#CC(C)C)cc2C(=O)N([C@H](C)CO)C[C@@H]1C. The summed E-state index contributed by atoms with van der Waals surface area (Å²) in [7, 11) is 3.22. The lowest BCUT2D eigenvalue weighted by Crippen LogP contribution is -2.50. The summed E-state index contributed by atoms with van der Waals surface area (Å²) in [6.07, 6.45) is 1.12. The van der Waals surface area contributed by atoms with Crippen molar-refractivity contribution in [2.45, 2.75) is 39.8 Å². The van der Waals surface area contributed by atoms with Gasteiger partial charge in [0.05, 0.1) is 32.0 Å². The number of urea groups is 1. The Morgan fingerprint density at radius 1 is 1.35 bits per heavy atom. The first-order valence-electron chi connectivity index (χ1n) is 12.4. The summed E-state index contributed by atoms with van der Waals surface area (Å²) in [6, 6.07) is 8.12. The fourth-order valence-corrected chi connectivity index (χ4v) is 3.93. The summed E-state index contributed by atoms with van der Waals surface area (Å²) in [6.45, 7) is 8.13. The van der Waals surface area contributed by atoms with Crippen molar-refractivity contribution in [3.05, 3.63) is 47.7 Å². The van der Waals surface area contributed by atoms with Crippen LogP contribution in [0.25, 0.3) is 0 Å². The molecule has 0 spiro atoms. The van der Waals surface area contributed by atoms with Gasteiger partial charge in [-0.3, -0.25) is 4.79 Å². The maximum absolute atomic E-state index is 13.5. The van der Waals surface area contributed by atoms with Crippen LogP contribution < -0.4 is 14.8 Å². The van der Waals surface area contributed by atoms with Gasteiger partial charge in [-0.25, -0.2) is 9.78 Å². The highest BCUT2D eigenvalue weighted by Gasteiger charge is 2.34. The maximum Gasteiger partial charge on any atom is 0.321 e. The number of hydrogen-bond donors (Lipinski definition) is 2. The normalized spacial score (nSPS) is 17.9. The zero-order chi connectivity index (χ0) is 27.1. The molecule has 1 aliphatic rings. The van der Waals surface area contributed by atoms with Crippen molar-refractivity contribution < 1.29 is 24.2 Å². The van der Waals surface area contributed by atoms with Crippen molar-refractivity contribution >= 4 is 17.6 Å². The zero-order valence-electron chi connectivity index (χ0n) is 22.3. The molecular weight excluding hydrogens is 472 g/mol. The number of methoxy groups -OCH3 is 1. The average molecular weight is 509 g/mol. The van der Waals surface area contributed by atoms with Crippen molar-refractivity contribution in [2.24, 2.45) is 11.8 Å². The standard InChI is InChI=1S/C28H36N4O5/c1-18(2)11-12-21-13-22-26(29-14-21)37-25(19(3)15-32(27(22)34)20(4)17-33)16-31(5)28(35)30-23-9-7-8-10-24(23)36-6/h7-10,13-14,18-20,25,33H,15-17H2,1-6H3,(H,30,35)/t19-,20+,25+/m0/s1. The molecule has 9 nitrogen and oxygen atoms in total. The molecule has 0 saturated carbocycles. The number of fused-ring (bicyclic) bond motifs is 1. The molecular formula is C28H36N4O5. The highest BCUT2D eigenvalue weighted by atomic mass is 16.5. The molecule has 37 heavy (non-hydrogen) atoms. The molecule has 0 fully saturated rings. The number of aromatic nitrogens is 1. The van der Waals surface area contributed by atoms with Crippen LogP contribution >= 0.6 is 0 Å². The van der Waals surface area contributed by atoms with Crippen LogP contribution in [0.5, 0.6) is 11.6 Å². The van der Waals surface area contributed by atoms with Crippen molar-refractivity contribution in [1.82, 2.24) is 14.8 Å². The van der Waals surface area contributed by atoms with E-state index in [-0.39, 0.29) is 48.4 Å². The van der Waals surface area contributed by atoms with E-state index in [0.717, 1.165) is 0 Å². The molecule has 3 rings (SSSR count). The van der Waals surface area contributed by atoms with E-state index in [0.29, 0.717) is 23.5 Å². The third-order valence-electron chi connectivity index (χ3n) is 6.18. The number of carbonyl (C=O) groups excluding carboxylic acids is 2. The van der Waals surface area contributed by atoms with E-state index in [1.165, 1.54) is 4.90 Å². The van der Waals surface area contributed by atoms with Gasteiger partial charge in [0, 0.05) is 37.2 Å². The number of likely N-dealkylation sites (N-methyl/N-ethyl adjacent to an activating group) is 1. The van der Waals surface area contributed by atoms with Gasteiger partial charge in [-0.1, -0.05) is 44.7 Å². The molecule has 2 N–H and O–H groups in total.